The van der Waals surface area contributed by atoms with E-state index >= 15 is 0 Å². The summed E-state index contributed by atoms with van der Waals surface area (Å²) in [5.74, 6) is 0.785. The van der Waals surface area contributed by atoms with Gasteiger partial charge in [-0.05, 0) is 51.0 Å². The van der Waals surface area contributed by atoms with E-state index in [2.05, 4.69) is 33.6 Å². The van der Waals surface area contributed by atoms with Crippen molar-refractivity contribution in [2.75, 3.05) is 26.7 Å². The molecule has 0 saturated carbocycles. The Hall–Kier alpha value is -1.36. The van der Waals surface area contributed by atoms with Gasteiger partial charge in [-0.25, -0.2) is 4.68 Å². The van der Waals surface area contributed by atoms with Crippen LogP contribution in [0.25, 0.3) is 5.69 Å². The normalized spacial score (nSPS) is 18.9. The molecular formula is C17H25ClN4. The van der Waals surface area contributed by atoms with Gasteiger partial charge >= 0.3 is 0 Å². The molecule has 22 heavy (non-hydrogen) atoms. The Morgan fingerprint density at radius 2 is 2.09 bits per heavy atom. The molecule has 0 spiro atoms. The molecule has 5 heteroatoms. The van der Waals surface area contributed by atoms with Gasteiger partial charge in [0.1, 0.15) is 0 Å². The lowest BCUT2D eigenvalue weighted by Gasteiger charge is -2.32. The first-order chi connectivity index (χ1) is 10.3. The molecule has 1 atom stereocenters. The molecule has 1 unspecified atom stereocenters. The second-order valence-electron chi connectivity index (χ2n) is 5.93. The molecule has 1 aromatic heterocycles. The summed E-state index contributed by atoms with van der Waals surface area (Å²) in [5, 5.41) is 7.79. The first kappa shape index (κ1) is 17.0. The predicted molar refractivity (Wildman–Crippen MR) is 92.7 cm³/mol. The van der Waals surface area contributed by atoms with Crippen molar-refractivity contribution in [2.24, 2.45) is 5.92 Å². The minimum absolute atomic E-state index is 0. The first-order valence-electron chi connectivity index (χ1n) is 7.81. The minimum Gasteiger partial charge on any atom is -0.319 e. The van der Waals surface area contributed by atoms with Gasteiger partial charge in [-0.1, -0.05) is 18.2 Å². The zero-order valence-corrected chi connectivity index (χ0v) is 13.9. The third-order valence-corrected chi connectivity index (χ3v) is 4.16. The van der Waals surface area contributed by atoms with E-state index in [4.69, 9.17) is 0 Å². The van der Waals surface area contributed by atoms with Crippen LogP contribution < -0.4 is 5.32 Å². The first-order valence-corrected chi connectivity index (χ1v) is 7.81. The highest BCUT2D eigenvalue weighted by molar-refractivity contribution is 5.85. The summed E-state index contributed by atoms with van der Waals surface area (Å²) in [4.78, 5) is 2.55. The highest BCUT2D eigenvalue weighted by Gasteiger charge is 2.19. The summed E-state index contributed by atoms with van der Waals surface area (Å²) >= 11 is 0. The van der Waals surface area contributed by atoms with Crippen molar-refractivity contribution in [1.29, 1.82) is 0 Å². The highest BCUT2D eigenvalue weighted by atomic mass is 35.5. The van der Waals surface area contributed by atoms with E-state index < -0.39 is 0 Å². The molecule has 120 valence electrons. The van der Waals surface area contributed by atoms with Crippen LogP contribution in [0, 0.1) is 5.92 Å². The van der Waals surface area contributed by atoms with E-state index in [1.807, 2.05) is 36.1 Å². The Morgan fingerprint density at radius 3 is 2.86 bits per heavy atom. The molecule has 0 amide bonds. The molecule has 1 fully saturated rings. The van der Waals surface area contributed by atoms with Gasteiger partial charge < -0.3 is 5.32 Å². The molecule has 2 aromatic rings. The van der Waals surface area contributed by atoms with Crippen LogP contribution in [-0.4, -0.2) is 41.4 Å². The van der Waals surface area contributed by atoms with Crippen molar-refractivity contribution >= 4 is 12.4 Å². The van der Waals surface area contributed by atoms with Crippen LogP contribution in [-0.2, 0) is 6.54 Å². The van der Waals surface area contributed by atoms with Gasteiger partial charge in [0, 0.05) is 24.8 Å². The largest absolute Gasteiger partial charge is 0.319 e. The van der Waals surface area contributed by atoms with Crippen molar-refractivity contribution in [3.05, 3.63) is 48.3 Å². The van der Waals surface area contributed by atoms with Crippen molar-refractivity contribution in [2.45, 2.75) is 19.4 Å². The number of rotatable bonds is 5. The number of aromatic nitrogens is 2. The molecule has 1 N–H and O–H groups in total. The van der Waals surface area contributed by atoms with E-state index in [9.17, 15) is 0 Å². The molecule has 1 saturated heterocycles. The topological polar surface area (TPSA) is 33.1 Å². The van der Waals surface area contributed by atoms with Crippen LogP contribution in [0.3, 0.4) is 0 Å². The molecule has 4 nitrogen and oxygen atoms in total. The van der Waals surface area contributed by atoms with Crippen LogP contribution in [0.1, 0.15) is 18.4 Å². The number of piperidine rings is 1. The monoisotopic (exact) mass is 320 g/mol. The number of benzene rings is 1. The average Bonchev–Trinajstić information content (AvgIpc) is 2.97. The Bertz CT molecular complexity index is 553. The summed E-state index contributed by atoms with van der Waals surface area (Å²) in [6, 6.07) is 10.3. The molecule has 0 radical (unpaired) electrons. The summed E-state index contributed by atoms with van der Waals surface area (Å²) in [6.45, 7) is 4.53. The quantitative estimate of drug-likeness (QED) is 0.919. The van der Waals surface area contributed by atoms with Crippen LogP contribution >= 0.6 is 12.4 Å². The lowest BCUT2D eigenvalue weighted by molar-refractivity contribution is 0.167. The second kappa shape index (κ2) is 8.32. The molecule has 1 aliphatic rings. The van der Waals surface area contributed by atoms with Gasteiger partial charge in [-0.2, -0.15) is 5.10 Å². The van der Waals surface area contributed by atoms with Gasteiger partial charge in [-0.15, -0.1) is 12.4 Å². The fourth-order valence-electron chi connectivity index (χ4n) is 3.17. The van der Waals surface area contributed by atoms with Gasteiger partial charge in [0.15, 0.2) is 0 Å². The Morgan fingerprint density at radius 1 is 1.27 bits per heavy atom. The van der Waals surface area contributed by atoms with Crippen LogP contribution in [0.2, 0.25) is 0 Å². The maximum absolute atomic E-state index is 4.48. The molecule has 1 aromatic carbocycles. The summed E-state index contributed by atoms with van der Waals surface area (Å²) in [7, 11) is 2.04. The van der Waals surface area contributed by atoms with Crippen molar-refractivity contribution < 1.29 is 0 Å². The number of likely N-dealkylation sites (tertiary alicyclic amines) is 1. The summed E-state index contributed by atoms with van der Waals surface area (Å²) in [6.07, 6.45) is 6.80. The molecular weight excluding hydrogens is 296 g/mol. The number of hydrogen-bond acceptors (Lipinski definition) is 3. The number of nitrogens with zero attached hydrogens (tertiary/aromatic N) is 3. The van der Waals surface area contributed by atoms with Gasteiger partial charge in [0.25, 0.3) is 0 Å². The Balaban J connectivity index is 0.00000176. The van der Waals surface area contributed by atoms with E-state index in [1.54, 1.807) is 0 Å². The number of nitrogens with one attached hydrogen (secondary N) is 1. The van der Waals surface area contributed by atoms with Crippen molar-refractivity contribution in [1.82, 2.24) is 20.0 Å². The fraction of sp³-hybridized carbons (Fsp3) is 0.471. The zero-order chi connectivity index (χ0) is 14.5. The van der Waals surface area contributed by atoms with Gasteiger partial charge in [0.05, 0.1) is 11.9 Å². The minimum atomic E-state index is 0. The molecule has 0 aliphatic carbocycles. The third-order valence-electron chi connectivity index (χ3n) is 4.16. The third kappa shape index (κ3) is 4.32. The Kier molecular flexibility index (Phi) is 6.43. The smallest absolute Gasteiger partial charge is 0.0645 e. The molecule has 2 heterocycles. The molecule has 3 rings (SSSR count). The van der Waals surface area contributed by atoms with Crippen molar-refractivity contribution in [3.8, 4) is 5.69 Å². The summed E-state index contributed by atoms with van der Waals surface area (Å²) in [5.41, 5.74) is 2.42. The maximum atomic E-state index is 4.48. The van der Waals surface area contributed by atoms with E-state index in [0.717, 1.165) is 24.7 Å². The lowest BCUT2D eigenvalue weighted by Crippen LogP contribution is -2.38. The lowest BCUT2D eigenvalue weighted by atomic mass is 9.98. The van der Waals surface area contributed by atoms with E-state index in [-0.39, 0.29) is 12.4 Å². The maximum Gasteiger partial charge on any atom is 0.0645 e. The van der Waals surface area contributed by atoms with E-state index in [1.165, 1.54) is 31.5 Å². The zero-order valence-electron chi connectivity index (χ0n) is 13.1. The number of hydrogen-bond donors (Lipinski definition) is 1. The number of para-hydroxylation sites is 1. The average molecular weight is 321 g/mol. The summed E-state index contributed by atoms with van der Waals surface area (Å²) < 4.78 is 1.96. The van der Waals surface area contributed by atoms with Gasteiger partial charge in [-0.3, -0.25) is 4.90 Å². The SMILES string of the molecule is CNCC1CCCN(Cc2cnn(-c3ccccc3)c2)C1.Cl. The predicted octanol–water partition coefficient (Wildman–Crippen LogP) is 2.73. The van der Waals surface area contributed by atoms with Crippen molar-refractivity contribution in [3.63, 3.8) is 0 Å². The standard InChI is InChI=1S/C17H24N4.ClH/c1-18-10-15-6-5-9-20(12-15)13-16-11-19-21(14-16)17-7-3-2-4-8-17;/h2-4,7-8,11,14-15,18H,5-6,9-10,12-13H2,1H3;1H. The van der Waals surface area contributed by atoms with Crippen LogP contribution in [0.15, 0.2) is 42.7 Å². The second-order valence-corrected chi connectivity index (χ2v) is 5.93. The van der Waals surface area contributed by atoms with Gasteiger partial charge in [0.2, 0.25) is 0 Å². The fourth-order valence-corrected chi connectivity index (χ4v) is 3.17. The molecule has 1 aliphatic heterocycles. The highest BCUT2D eigenvalue weighted by Crippen LogP contribution is 2.18. The molecule has 0 bridgehead atoms. The Labute approximate surface area is 138 Å². The van der Waals surface area contributed by atoms with E-state index in [0.29, 0.717) is 0 Å². The van der Waals surface area contributed by atoms with Crippen LogP contribution in [0.5, 0.6) is 0 Å². The van der Waals surface area contributed by atoms with Crippen LogP contribution in [0.4, 0.5) is 0 Å². The number of halogens is 1.